The fourth-order valence-electron chi connectivity index (χ4n) is 1.37. The van der Waals surface area contributed by atoms with Crippen molar-refractivity contribution in [1.82, 2.24) is 0 Å². The van der Waals surface area contributed by atoms with Crippen LogP contribution in [-0.2, 0) is 17.4 Å². The Hall–Kier alpha value is -1.78. The maximum atomic E-state index is 12.6. The fraction of sp³-hybridized carbons (Fsp3) is 0.250. The van der Waals surface area contributed by atoms with Crippen LogP contribution >= 0.6 is 0 Å². The zero-order valence-corrected chi connectivity index (χ0v) is 8.87. The maximum absolute atomic E-state index is 12.6. The Morgan fingerprint density at radius 3 is 2.47 bits per heavy atom. The predicted octanol–water partition coefficient (Wildman–Crippen LogP) is 3.28. The Labute approximate surface area is 96.4 Å². The average molecular weight is 244 g/mol. The minimum absolute atomic E-state index is 0.0724. The molecule has 92 valence electrons. The van der Waals surface area contributed by atoms with Crippen molar-refractivity contribution in [3.8, 4) is 0 Å². The summed E-state index contributed by atoms with van der Waals surface area (Å²) in [5, 5.41) is 8.36. The van der Waals surface area contributed by atoms with E-state index in [2.05, 4.69) is 0 Å². The first kappa shape index (κ1) is 13.3. The third kappa shape index (κ3) is 4.30. The van der Waals surface area contributed by atoms with Gasteiger partial charge in [0.25, 0.3) is 0 Å². The van der Waals surface area contributed by atoms with Crippen LogP contribution in [0, 0.1) is 0 Å². The molecule has 0 aliphatic carbocycles. The predicted molar refractivity (Wildman–Crippen MR) is 56.5 cm³/mol. The molecule has 1 aromatic carbocycles. The summed E-state index contributed by atoms with van der Waals surface area (Å²) >= 11 is 0. The van der Waals surface area contributed by atoms with E-state index < -0.39 is 17.7 Å². The smallest absolute Gasteiger partial charge is 0.416 e. The van der Waals surface area contributed by atoms with Crippen molar-refractivity contribution in [3.63, 3.8) is 0 Å². The number of carboxylic acid groups (broad SMARTS) is 1. The highest BCUT2D eigenvalue weighted by Gasteiger charge is 2.32. The second-order valence-corrected chi connectivity index (χ2v) is 3.43. The van der Waals surface area contributed by atoms with Crippen LogP contribution in [0.1, 0.15) is 17.5 Å². The zero-order chi connectivity index (χ0) is 12.9. The molecule has 0 radical (unpaired) electrons. The minimum atomic E-state index is -4.38. The van der Waals surface area contributed by atoms with E-state index in [9.17, 15) is 18.0 Å². The van der Waals surface area contributed by atoms with E-state index in [0.29, 0.717) is 0 Å². The molecule has 0 heterocycles. The van der Waals surface area contributed by atoms with Crippen LogP contribution in [0.2, 0.25) is 0 Å². The van der Waals surface area contributed by atoms with Crippen LogP contribution in [0.25, 0.3) is 0 Å². The Morgan fingerprint density at radius 2 is 1.88 bits per heavy atom. The molecule has 0 spiro atoms. The molecule has 5 heteroatoms. The first-order valence-corrected chi connectivity index (χ1v) is 4.93. The van der Waals surface area contributed by atoms with Gasteiger partial charge in [0.05, 0.1) is 12.0 Å². The lowest BCUT2D eigenvalue weighted by Crippen LogP contribution is -2.08. The van der Waals surface area contributed by atoms with E-state index in [4.69, 9.17) is 5.11 Å². The molecule has 0 aliphatic rings. The van der Waals surface area contributed by atoms with Crippen LogP contribution in [0.5, 0.6) is 0 Å². The number of carboxylic acids is 1. The molecule has 0 aromatic heterocycles. The van der Waals surface area contributed by atoms with E-state index in [1.807, 2.05) is 0 Å². The van der Waals surface area contributed by atoms with Crippen LogP contribution in [0.3, 0.4) is 0 Å². The van der Waals surface area contributed by atoms with Crippen molar-refractivity contribution in [2.75, 3.05) is 0 Å². The summed E-state index contributed by atoms with van der Waals surface area (Å²) in [6.07, 6.45) is -1.72. The van der Waals surface area contributed by atoms with Gasteiger partial charge < -0.3 is 5.11 Å². The number of hydrogen-bond acceptors (Lipinski definition) is 1. The van der Waals surface area contributed by atoms with Gasteiger partial charge in [-0.3, -0.25) is 4.79 Å². The summed E-state index contributed by atoms with van der Waals surface area (Å²) in [6.45, 7) is 0. The number of hydrogen-bond donors (Lipinski definition) is 1. The van der Waals surface area contributed by atoms with Gasteiger partial charge in [-0.25, -0.2) is 0 Å². The second kappa shape index (κ2) is 5.52. The highest BCUT2D eigenvalue weighted by atomic mass is 19.4. The topological polar surface area (TPSA) is 37.3 Å². The highest BCUT2D eigenvalue weighted by Crippen LogP contribution is 2.32. The molecule has 0 saturated heterocycles. The van der Waals surface area contributed by atoms with Crippen LogP contribution < -0.4 is 0 Å². The summed E-state index contributed by atoms with van der Waals surface area (Å²) in [7, 11) is 0. The monoisotopic (exact) mass is 244 g/mol. The number of rotatable bonds is 4. The van der Waals surface area contributed by atoms with Crippen molar-refractivity contribution < 1.29 is 23.1 Å². The lowest BCUT2D eigenvalue weighted by atomic mass is 10.0. The number of allylic oxidation sites excluding steroid dienone is 1. The molecule has 0 amide bonds. The fourth-order valence-corrected chi connectivity index (χ4v) is 1.37. The van der Waals surface area contributed by atoms with Gasteiger partial charge >= 0.3 is 12.1 Å². The summed E-state index contributed by atoms with van der Waals surface area (Å²) in [4.78, 5) is 10.2. The molecule has 0 fully saturated rings. The number of aliphatic carboxylic acids is 1. The lowest BCUT2D eigenvalue weighted by molar-refractivity contribution is -0.138. The highest BCUT2D eigenvalue weighted by molar-refractivity contribution is 5.68. The van der Waals surface area contributed by atoms with Gasteiger partial charge in [0, 0.05) is 0 Å². The van der Waals surface area contributed by atoms with Gasteiger partial charge in [0.2, 0.25) is 0 Å². The molecule has 0 bridgehead atoms. The Balaban J connectivity index is 2.78. The first-order valence-electron chi connectivity index (χ1n) is 4.93. The van der Waals surface area contributed by atoms with E-state index in [0.717, 1.165) is 6.07 Å². The summed E-state index contributed by atoms with van der Waals surface area (Å²) in [5.41, 5.74) is -0.540. The largest absolute Gasteiger partial charge is 0.481 e. The normalized spacial score (nSPS) is 11.9. The van der Waals surface area contributed by atoms with E-state index in [1.54, 1.807) is 0 Å². The average Bonchev–Trinajstić information content (AvgIpc) is 2.23. The molecular formula is C12H11F3O2. The molecule has 0 atom stereocenters. The molecule has 17 heavy (non-hydrogen) atoms. The number of halogens is 3. The van der Waals surface area contributed by atoms with Gasteiger partial charge in [-0.1, -0.05) is 30.4 Å². The Bertz CT molecular complexity index is 422. The van der Waals surface area contributed by atoms with Gasteiger partial charge in [0.15, 0.2) is 0 Å². The number of benzene rings is 1. The van der Waals surface area contributed by atoms with Crippen LogP contribution in [0.15, 0.2) is 36.4 Å². The molecule has 1 N–H and O–H groups in total. The minimum Gasteiger partial charge on any atom is -0.481 e. The Kier molecular flexibility index (Phi) is 4.31. The van der Waals surface area contributed by atoms with Gasteiger partial charge in [-0.2, -0.15) is 13.2 Å². The molecule has 1 rings (SSSR count). The second-order valence-electron chi connectivity index (χ2n) is 3.43. The van der Waals surface area contributed by atoms with Crippen LogP contribution in [-0.4, -0.2) is 11.1 Å². The third-order valence-electron chi connectivity index (χ3n) is 2.12. The SMILES string of the molecule is O=C(O)C/C=C\Cc1ccccc1C(F)(F)F. The Morgan fingerprint density at radius 1 is 1.24 bits per heavy atom. The molecule has 0 aliphatic heterocycles. The van der Waals surface area contributed by atoms with Crippen molar-refractivity contribution in [1.29, 1.82) is 0 Å². The lowest BCUT2D eigenvalue weighted by Gasteiger charge is -2.10. The van der Waals surface area contributed by atoms with Gasteiger partial charge in [-0.05, 0) is 18.1 Å². The maximum Gasteiger partial charge on any atom is 0.416 e. The zero-order valence-electron chi connectivity index (χ0n) is 8.87. The van der Waals surface area contributed by atoms with Crippen molar-refractivity contribution in [2.24, 2.45) is 0 Å². The standard InChI is InChI=1S/C12H11F3O2/c13-12(14,15)10-7-3-1-5-9(10)6-2-4-8-11(16)17/h1-5,7H,6,8H2,(H,16,17)/b4-2-. The number of carbonyl (C=O) groups is 1. The summed E-state index contributed by atoms with van der Waals surface area (Å²) in [6, 6.07) is 5.25. The first-order chi connectivity index (χ1) is 7.91. The van der Waals surface area contributed by atoms with Crippen LogP contribution in [0.4, 0.5) is 13.2 Å². The molecule has 1 aromatic rings. The van der Waals surface area contributed by atoms with Crippen molar-refractivity contribution >= 4 is 5.97 Å². The summed E-state index contributed by atoms with van der Waals surface area (Å²) in [5.74, 6) is -1.01. The summed E-state index contributed by atoms with van der Waals surface area (Å²) < 4.78 is 37.7. The quantitative estimate of drug-likeness (QED) is 0.825. The molecule has 2 nitrogen and oxygen atoms in total. The van der Waals surface area contributed by atoms with E-state index in [1.165, 1.54) is 30.4 Å². The van der Waals surface area contributed by atoms with E-state index >= 15 is 0 Å². The van der Waals surface area contributed by atoms with Crippen molar-refractivity contribution in [2.45, 2.75) is 19.0 Å². The molecule has 0 saturated carbocycles. The van der Waals surface area contributed by atoms with Crippen molar-refractivity contribution in [3.05, 3.63) is 47.5 Å². The van der Waals surface area contributed by atoms with E-state index in [-0.39, 0.29) is 18.4 Å². The molecule has 0 unspecified atom stereocenters. The van der Waals surface area contributed by atoms with Gasteiger partial charge in [-0.15, -0.1) is 0 Å². The number of alkyl halides is 3. The molecular weight excluding hydrogens is 233 g/mol. The van der Waals surface area contributed by atoms with Gasteiger partial charge in [0.1, 0.15) is 0 Å². The third-order valence-corrected chi connectivity index (χ3v) is 2.12.